The second kappa shape index (κ2) is 24.7. The van der Waals surface area contributed by atoms with Crippen molar-refractivity contribution in [2.45, 2.75) is 224 Å². The normalized spacial score (nSPS) is 16.5. The van der Waals surface area contributed by atoms with Gasteiger partial charge < -0.3 is 38.3 Å². The van der Waals surface area contributed by atoms with Crippen LogP contribution in [0.3, 0.4) is 0 Å². The van der Waals surface area contributed by atoms with E-state index in [9.17, 15) is 10.2 Å². The molecule has 10 rings (SSSR count). The van der Waals surface area contributed by atoms with Crippen LogP contribution in [0.1, 0.15) is 222 Å². The molecule has 0 saturated heterocycles. The van der Waals surface area contributed by atoms with Crippen molar-refractivity contribution in [2.24, 2.45) is 16.2 Å². The summed E-state index contributed by atoms with van der Waals surface area (Å²) in [4.78, 5) is 0. The highest BCUT2D eigenvalue weighted by atomic mass is 16.6. The molecule has 2 unspecified atom stereocenters. The van der Waals surface area contributed by atoms with Crippen LogP contribution in [0.4, 0.5) is 0 Å². The molecule has 0 aliphatic heterocycles. The molecule has 2 N–H and O–H groups in total. The van der Waals surface area contributed by atoms with Crippen molar-refractivity contribution in [2.75, 3.05) is 27.4 Å². The molecule has 9 aromatic rings. The van der Waals surface area contributed by atoms with Crippen LogP contribution in [0.2, 0.25) is 0 Å². The highest BCUT2D eigenvalue weighted by molar-refractivity contribution is 6.11. The molecule has 0 fully saturated rings. The van der Waals surface area contributed by atoms with E-state index in [2.05, 4.69) is 272 Å². The molecule has 8 nitrogen and oxygen atoms in total. The number of hydrogen-bond acceptors (Lipinski definition) is 6. The van der Waals surface area contributed by atoms with Crippen molar-refractivity contribution >= 4 is 49.2 Å². The molecule has 1 aliphatic rings. The molecule has 8 heteroatoms. The minimum Gasteiger partial charge on any atom is -0.505 e. The van der Waals surface area contributed by atoms with Gasteiger partial charge in [-0.2, -0.15) is 0 Å². The van der Waals surface area contributed by atoms with Crippen LogP contribution in [-0.4, -0.2) is 52.6 Å². The van der Waals surface area contributed by atoms with Gasteiger partial charge in [0, 0.05) is 55.7 Å². The second-order valence-electron chi connectivity index (χ2n) is 35.7. The van der Waals surface area contributed by atoms with E-state index in [4.69, 9.17) is 18.9 Å². The van der Waals surface area contributed by atoms with Gasteiger partial charge in [-0.05, 0) is 211 Å². The summed E-state index contributed by atoms with van der Waals surface area (Å²) in [7, 11) is 3.39. The van der Waals surface area contributed by atoms with E-state index < -0.39 is 11.8 Å². The zero-order valence-electron chi connectivity index (χ0n) is 62.7. The monoisotopic (exact) mass is 1280 g/mol. The van der Waals surface area contributed by atoms with Crippen molar-refractivity contribution in [3.63, 3.8) is 0 Å². The highest BCUT2D eigenvalue weighted by Gasteiger charge is 2.48. The number of aliphatic hydroxyl groups is 1. The Bertz CT molecular complexity index is 4330. The molecule has 0 amide bonds. The zero-order valence-corrected chi connectivity index (χ0v) is 62.7. The fourth-order valence-corrected chi connectivity index (χ4v) is 15.3. The summed E-state index contributed by atoms with van der Waals surface area (Å²) < 4.78 is 31.2. The summed E-state index contributed by atoms with van der Waals surface area (Å²) in [6.07, 6.45) is 6.70. The standard InChI is InChI=1S/C87H112N2O6/c1-53-38-55(41-62(39-53)92-25)70-47-61(86(23,24)52-80(6,7)8)49-76(89-73-34-30-58(83(15,16)17)44-66(73)67-45-59(84(18,19)20)31-35-74(67)89)87(70,91)95-37-27-36-94-78-54(2)40-63(93-26)50-69(78)68-46-60(85(21,22)51-79(3,4)5)48-75(77(68)90)88-71-32-28-56(81(9,10)11)42-64(71)65-43-57(82(12,13)14)29-33-72(65)88/h28-35,38-50,76,90-91H,27,36-37,51-52H2,1-26H3. The Labute approximate surface area is 569 Å². The van der Waals surface area contributed by atoms with E-state index in [-0.39, 0.29) is 62.3 Å². The first-order chi connectivity index (χ1) is 43.8. The van der Waals surface area contributed by atoms with Crippen LogP contribution < -0.4 is 14.2 Å². The molecule has 1 aliphatic carbocycles. The van der Waals surface area contributed by atoms with Crippen LogP contribution in [-0.2, 0) is 31.8 Å². The van der Waals surface area contributed by atoms with Crippen molar-refractivity contribution in [1.82, 2.24) is 9.13 Å². The Hall–Kier alpha value is -7.26. The van der Waals surface area contributed by atoms with E-state index in [1.165, 1.54) is 22.3 Å². The first-order valence-corrected chi connectivity index (χ1v) is 34.7. The fraction of sp³-hybridized carbons (Fsp3) is 0.471. The molecule has 506 valence electrons. The molecule has 0 spiro atoms. The number of aryl methyl sites for hydroxylation is 2. The number of aromatic hydroxyl groups is 1. The summed E-state index contributed by atoms with van der Waals surface area (Å²) in [5, 5.41) is 32.4. The lowest BCUT2D eigenvalue weighted by molar-refractivity contribution is -0.179. The predicted octanol–water partition coefficient (Wildman–Crippen LogP) is 23.0. The summed E-state index contributed by atoms with van der Waals surface area (Å²) >= 11 is 0. The molecule has 2 atom stereocenters. The van der Waals surface area contributed by atoms with E-state index in [1.807, 2.05) is 31.2 Å². The largest absolute Gasteiger partial charge is 0.505 e. The summed E-state index contributed by atoms with van der Waals surface area (Å²) in [5.74, 6) is 0.217. The minimum atomic E-state index is -1.91. The third-order valence-corrected chi connectivity index (χ3v) is 19.8. The van der Waals surface area contributed by atoms with Gasteiger partial charge in [0.15, 0.2) is 0 Å². The van der Waals surface area contributed by atoms with Crippen molar-refractivity contribution in [3.8, 4) is 39.8 Å². The summed E-state index contributed by atoms with van der Waals surface area (Å²) in [6, 6.07) is 41.3. The van der Waals surface area contributed by atoms with Gasteiger partial charge in [-0.25, -0.2) is 0 Å². The molecular formula is C87H112N2O6. The van der Waals surface area contributed by atoms with Gasteiger partial charge in [0.2, 0.25) is 5.79 Å². The Morgan fingerprint density at radius 3 is 1.39 bits per heavy atom. The van der Waals surface area contributed by atoms with E-state index in [0.717, 1.165) is 89.8 Å². The van der Waals surface area contributed by atoms with Gasteiger partial charge in [0.05, 0.1) is 44.2 Å². The van der Waals surface area contributed by atoms with E-state index in [1.54, 1.807) is 14.2 Å². The first kappa shape index (κ1) is 70.5. The van der Waals surface area contributed by atoms with Crippen LogP contribution in [0.5, 0.6) is 23.0 Å². The lowest BCUT2D eigenvalue weighted by Crippen LogP contribution is -2.45. The number of ether oxygens (including phenoxy) is 4. The van der Waals surface area contributed by atoms with E-state index in [0.29, 0.717) is 40.5 Å². The molecule has 2 aromatic heterocycles. The van der Waals surface area contributed by atoms with Crippen molar-refractivity contribution < 1.29 is 29.2 Å². The zero-order chi connectivity index (χ0) is 69.9. The first-order valence-electron chi connectivity index (χ1n) is 34.7. The number of rotatable bonds is 16. The van der Waals surface area contributed by atoms with Crippen LogP contribution in [0.25, 0.3) is 66.0 Å². The third-order valence-electron chi connectivity index (χ3n) is 19.8. The number of fused-ring (bicyclic) bond motifs is 6. The van der Waals surface area contributed by atoms with Gasteiger partial charge in [-0.3, -0.25) is 0 Å². The Morgan fingerprint density at radius 2 is 0.926 bits per heavy atom. The maximum absolute atomic E-state index is 14.4. The Morgan fingerprint density at radius 1 is 0.474 bits per heavy atom. The van der Waals surface area contributed by atoms with Crippen molar-refractivity contribution in [1.29, 1.82) is 0 Å². The molecule has 0 bridgehead atoms. The average molecular weight is 1280 g/mol. The lowest BCUT2D eigenvalue weighted by atomic mass is 9.68. The second-order valence-corrected chi connectivity index (χ2v) is 35.7. The number of phenols is 1. The molecule has 2 heterocycles. The summed E-state index contributed by atoms with van der Waals surface area (Å²) in [5.41, 5.74) is 15.7. The van der Waals surface area contributed by atoms with Gasteiger partial charge in [0.1, 0.15) is 29.0 Å². The van der Waals surface area contributed by atoms with E-state index >= 15 is 0 Å². The number of benzene rings is 7. The van der Waals surface area contributed by atoms with Crippen LogP contribution in [0.15, 0.2) is 133 Å². The summed E-state index contributed by atoms with van der Waals surface area (Å²) in [6.45, 7) is 54.8. The van der Waals surface area contributed by atoms with Gasteiger partial charge in [-0.1, -0.05) is 189 Å². The highest BCUT2D eigenvalue weighted by Crippen LogP contribution is 2.54. The molecule has 95 heavy (non-hydrogen) atoms. The topological polar surface area (TPSA) is 87.2 Å². The number of nitrogens with zero attached hydrogens (tertiary/aromatic N) is 2. The fourth-order valence-electron chi connectivity index (χ4n) is 15.3. The van der Waals surface area contributed by atoms with Gasteiger partial charge in [-0.15, -0.1) is 0 Å². The average Bonchev–Trinajstić information content (AvgIpc) is 1.63. The van der Waals surface area contributed by atoms with Crippen LogP contribution >= 0.6 is 0 Å². The SMILES string of the molecule is COc1cc(C)cc(C2=CC(C(C)(C)CC(C)(C)C)=CC(n3c4ccc(C(C)(C)C)cc4c4cc(C(C)(C)C)ccc43)C2(O)OCCCOc2c(C)cc(OC)cc2-c2cc(C(C)(C)CC(C)(C)C)cc(-n3c4ccc(C(C)(C)C)cc4c4cc(C(C)(C)C)ccc43)c2O)c1. The Kier molecular flexibility index (Phi) is 18.3. The van der Waals surface area contributed by atoms with Gasteiger partial charge >= 0.3 is 0 Å². The number of methoxy groups -OCH3 is 2. The molecule has 7 aromatic carbocycles. The minimum absolute atomic E-state index is 0.00114. The predicted molar refractivity (Wildman–Crippen MR) is 402 cm³/mol. The third kappa shape index (κ3) is 14.2. The maximum atomic E-state index is 14.4. The Balaban J connectivity index is 1.12. The quantitative estimate of drug-likeness (QED) is 0.0740. The number of allylic oxidation sites excluding steroid dienone is 2. The molecule has 0 radical (unpaired) electrons. The van der Waals surface area contributed by atoms with Gasteiger partial charge in [0.25, 0.3) is 0 Å². The number of hydrogen-bond donors (Lipinski definition) is 2. The lowest BCUT2D eigenvalue weighted by Gasteiger charge is -2.44. The molecular weight excluding hydrogens is 1170 g/mol. The smallest absolute Gasteiger partial charge is 0.218 e. The van der Waals surface area contributed by atoms with Crippen LogP contribution in [0, 0.1) is 30.1 Å². The van der Waals surface area contributed by atoms with Crippen molar-refractivity contribution in [3.05, 3.63) is 177 Å². The number of phenolic OH excluding ortho intramolecular Hbond substituents is 1. The molecule has 0 saturated carbocycles. The number of aromatic nitrogens is 2. The maximum Gasteiger partial charge on any atom is 0.218 e.